The zero-order valence-electron chi connectivity index (χ0n) is 8.51. The molecular formula is C10H21BO. The van der Waals surface area contributed by atoms with Gasteiger partial charge >= 0.3 is 0 Å². The van der Waals surface area contributed by atoms with Crippen LogP contribution in [0, 0.1) is 6.92 Å². The molecular weight excluding hydrogens is 147 g/mol. The highest BCUT2D eigenvalue weighted by Crippen LogP contribution is 2.10. The molecule has 0 amide bonds. The summed E-state index contributed by atoms with van der Waals surface area (Å²) in [7, 11) is 0. The van der Waals surface area contributed by atoms with Crippen LogP contribution in [0.15, 0.2) is 0 Å². The lowest BCUT2D eigenvalue weighted by Crippen LogP contribution is -2.17. The lowest BCUT2D eigenvalue weighted by atomic mass is 9.59. The van der Waals surface area contributed by atoms with Crippen LogP contribution in [0.25, 0.3) is 0 Å². The van der Waals surface area contributed by atoms with Crippen molar-refractivity contribution >= 4 is 6.92 Å². The minimum atomic E-state index is 0.373. The third-order valence-corrected chi connectivity index (χ3v) is 2.09. The van der Waals surface area contributed by atoms with Crippen LogP contribution in [0.1, 0.15) is 39.5 Å². The Labute approximate surface area is 78.0 Å². The predicted molar refractivity (Wildman–Crippen MR) is 55.4 cm³/mol. The van der Waals surface area contributed by atoms with Gasteiger partial charge in [-0.15, -0.1) is 0 Å². The first-order valence-electron chi connectivity index (χ1n) is 5.16. The van der Waals surface area contributed by atoms with Crippen molar-refractivity contribution < 1.29 is 4.65 Å². The molecule has 2 heteroatoms. The quantitative estimate of drug-likeness (QED) is 0.505. The Morgan fingerprint density at radius 1 is 1.08 bits per heavy atom. The first-order valence-corrected chi connectivity index (χ1v) is 5.16. The number of unbranched alkanes of at least 4 members (excludes halogenated alkanes) is 2. The van der Waals surface area contributed by atoms with Gasteiger partial charge in [-0.3, -0.25) is 0 Å². The topological polar surface area (TPSA) is 9.23 Å². The molecule has 0 N–H and O–H groups in total. The molecule has 0 rings (SSSR count). The zero-order chi connectivity index (χ0) is 9.23. The fourth-order valence-corrected chi connectivity index (χ4v) is 1.31. The second kappa shape index (κ2) is 9.12. The Morgan fingerprint density at radius 2 is 1.58 bits per heavy atom. The summed E-state index contributed by atoms with van der Waals surface area (Å²) in [5.74, 6) is 0. The third-order valence-electron chi connectivity index (χ3n) is 2.09. The van der Waals surface area contributed by atoms with Crippen LogP contribution in [-0.2, 0) is 4.65 Å². The summed E-state index contributed by atoms with van der Waals surface area (Å²) in [6, 6.07) is 0. The molecule has 0 saturated heterocycles. The van der Waals surface area contributed by atoms with E-state index in [0.717, 1.165) is 0 Å². The van der Waals surface area contributed by atoms with Crippen LogP contribution >= 0.6 is 0 Å². The monoisotopic (exact) mass is 168 g/mol. The van der Waals surface area contributed by atoms with Gasteiger partial charge in [-0.25, -0.2) is 0 Å². The number of hydrogen-bond donors (Lipinski definition) is 0. The van der Waals surface area contributed by atoms with Crippen molar-refractivity contribution in [1.82, 2.24) is 0 Å². The smallest absolute Gasteiger partial charge is 0.293 e. The third kappa shape index (κ3) is 6.72. The van der Waals surface area contributed by atoms with E-state index >= 15 is 0 Å². The van der Waals surface area contributed by atoms with Crippen LogP contribution in [0.4, 0.5) is 0 Å². The molecule has 0 unspecified atom stereocenters. The summed E-state index contributed by atoms with van der Waals surface area (Å²) in [6.07, 6.45) is 7.36. The van der Waals surface area contributed by atoms with E-state index in [1.807, 2.05) is 0 Å². The average Bonchev–Trinajstić information content (AvgIpc) is 2.10. The Hall–Kier alpha value is 0.0249. The van der Waals surface area contributed by atoms with Gasteiger partial charge in [0.1, 0.15) is 0 Å². The van der Waals surface area contributed by atoms with Crippen LogP contribution < -0.4 is 0 Å². The maximum absolute atomic E-state index is 5.42. The summed E-state index contributed by atoms with van der Waals surface area (Å²) in [5, 5.41) is 0. The Balaban J connectivity index is 3.40. The molecule has 0 saturated carbocycles. The van der Waals surface area contributed by atoms with Crippen molar-refractivity contribution in [3.05, 3.63) is 6.92 Å². The highest BCUT2D eigenvalue weighted by atomic mass is 16.4. The highest BCUT2D eigenvalue weighted by Gasteiger charge is 2.12. The zero-order valence-corrected chi connectivity index (χ0v) is 8.51. The van der Waals surface area contributed by atoms with Crippen LogP contribution in [0.2, 0.25) is 12.6 Å². The molecule has 70 valence electrons. The van der Waals surface area contributed by atoms with Gasteiger partial charge in [0.15, 0.2) is 0 Å². The van der Waals surface area contributed by atoms with Crippen molar-refractivity contribution in [2.45, 2.75) is 52.2 Å². The normalized spacial score (nSPS) is 10.2. The summed E-state index contributed by atoms with van der Waals surface area (Å²) in [6.45, 7) is 10.6. The molecule has 2 radical (unpaired) electrons. The molecule has 0 aliphatic carbocycles. The van der Waals surface area contributed by atoms with Gasteiger partial charge < -0.3 is 4.65 Å². The van der Waals surface area contributed by atoms with E-state index in [-0.39, 0.29) is 0 Å². The molecule has 0 atom stereocenters. The minimum absolute atomic E-state index is 0.373. The van der Waals surface area contributed by atoms with E-state index in [1.54, 1.807) is 0 Å². The molecule has 0 spiro atoms. The summed E-state index contributed by atoms with van der Waals surface area (Å²) in [4.78, 5) is 0. The van der Waals surface area contributed by atoms with Gasteiger partial charge in [-0.1, -0.05) is 39.5 Å². The van der Waals surface area contributed by atoms with Gasteiger partial charge in [0.05, 0.1) is 0 Å². The number of hydrogen-bond acceptors (Lipinski definition) is 1. The standard InChI is InChI=1S/C10H21BO/c1-4-7-9-11(12-6-3)10-8-5-2/h3H,4-10H2,1-2H3. The maximum atomic E-state index is 5.42. The molecule has 0 aromatic carbocycles. The van der Waals surface area contributed by atoms with E-state index in [0.29, 0.717) is 13.5 Å². The average molecular weight is 168 g/mol. The number of rotatable bonds is 8. The SMILES string of the molecule is [CH]COB(CCCC)CCCC. The summed E-state index contributed by atoms with van der Waals surface area (Å²) >= 11 is 0. The van der Waals surface area contributed by atoms with Crippen LogP contribution in [0.5, 0.6) is 0 Å². The first-order chi connectivity index (χ1) is 5.85. The fraction of sp³-hybridized carbons (Fsp3) is 0.900. The van der Waals surface area contributed by atoms with E-state index in [4.69, 9.17) is 11.6 Å². The first kappa shape index (κ1) is 12.0. The predicted octanol–water partition coefficient (Wildman–Crippen LogP) is 3.31. The Kier molecular flexibility index (Phi) is 9.13. The molecule has 0 aromatic heterocycles. The largest absolute Gasteiger partial charge is 0.436 e. The molecule has 12 heavy (non-hydrogen) atoms. The van der Waals surface area contributed by atoms with E-state index < -0.39 is 0 Å². The molecule has 0 fully saturated rings. The van der Waals surface area contributed by atoms with Gasteiger partial charge in [-0.05, 0) is 19.6 Å². The Morgan fingerprint density at radius 3 is 1.92 bits per heavy atom. The summed E-state index contributed by atoms with van der Waals surface area (Å²) < 4.78 is 5.42. The second-order valence-electron chi connectivity index (χ2n) is 3.24. The summed E-state index contributed by atoms with van der Waals surface area (Å²) in [5.41, 5.74) is 0. The highest BCUT2D eigenvalue weighted by molar-refractivity contribution is 6.51. The van der Waals surface area contributed by atoms with Gasteiger partial charge in [0.2, 0.25) is 0 Å². The van der Waals surface area contributed by atoms with Crippen molar-refractivity contribution in [1.29, 1.82) is 0 Å². The van der Waals surface area contributed by atoms with Gasteiger partial charge in [-0.2, -0.15) is 0 Å². The van der Waals surface area contributed by atoms with E-state index in [9.17, 15) is 0 Å². The molecule has 1 nitrogen and oxygen atoms in total. The van der Waals surface area contributed by atoms with Crippen LogP contribution in [-0.4, -0.2) is 13.5 Å². The lowest BCUT2D eigenvalue weighted by molar-refractivity contribution is 0.360. The maximum Gasteiger partial charge on any atom is 0.293 e. The fourth-order valence-electron chi connectivity index (χ4n) is 1.31. The van der Waals surface area contributed by atoms with E-state index in [2.05, 4.69) is 13.8 Å². The minimum Gasteiger partial charge on any atom is -0.436 e. The van der Waals surface area contributed by atoms with Crippen molar-refractivity contribution in [2.75, 3.05) is 6.61 Å². The molecule has 0 aliphatic rings. The van der Waals surface area contributed by atoms with Crippen molar-refractivity contribution in [3.8, 4) is 0 Å². The van der Waals surface area contributed by atoms with Gasteiger partial charge in [0.25, 0.3) is 6.92 Å². The lowest BCUT2D eigenvalue weighted by Gasteiger charge is -2.11. The van der Waals surface area contributed by atoms with E-state index in [1.165, 1.54) is 38.3 Å². The van der Waals surface area contributed by atoms with Crippen molar-refractivity contribution in [3.63, 3.8) is 0 Å². The van der Waals surface area contributed by atoms with Gasteiger partial charge in [0, 0.05) is 6.61 Å². The van der Waals surface area contributed by atoms with Crippen LogP contribution in [0.3, 0.4) is 0 Å². The Bertz CT molecular complexity index is 77.9. The molecule has 0 heterocycles. The molecule has 0 aromatic rings. The molecule has 0 aliphatic heterocycles. The molecule has 0 bridgehead atoms. The second-order valence-corrected chi connectivity index (χ2v) is 3.24. The van der Waals surface area contributed by atoms with Crippen molar-refractivity contribution in [2.24, 2.45) is 0 Å².